The van der Waals surface area contributed by atoms with E-state index in [1.165, 1.54) is 0 Å². The molecule has 0 saturated heterocycles. The van der Waals surface area contributed by atoms with E-state index in [-0.39, 0.29) is 31.3 Å². The first kappa shape index (κ1) is 47.1. The number of carbonyl (C=O) groups is 2. The van der Waals surface area contributed by atoms with E-state index in [4.69, 9.17) is 44.7 Å². The van der Waals surface area contributed by atoms with Gasteiger partial charge in [0.05, 0.1) is 90.1 Å². The zero-order valence-corrected chi connectivity index (χ0v) is 38.1. The summed E-state index contributed by atoms with van der Waals surface area (Å²) in [7, 11) is 1.59. The Bertz CT molecular complexity index is 2760. The molecule has 2 heterocycles. The zero-order valence-electron chi connectivity index (χ0n) is 37.4. The Hall–Kier alpha value is -5.87. The van der Waals surface area contributed by atoms with E-state index in [2.05, 4.69) is 35.1 Å². The third-order valence-corrected chi connectivity index (χ3v) is 11.5. The number of aromatic nitrogens is 2. The Morgan fingerprint density at radius 3 is 2.17 bits per heavy atom. The number of aliphatic hydroxyl groups excluding tert-OH is 1. The highest BCUT2D eigenvalue weighted by molar-refractivity contribution is 6.30. The lowest BCUT2D eigenvalue weighted by molar-refractivity contribution is -0.120. The molecule has 7 rings (SSSR count). The largest absolute Gasteiger partial charge is 0.497 e. The van der Waals surface area contributed by atoms with E-state index >= 15 is 0 Å². The van der Waals surface area contributed by atoms with Crippen molar-refractivity contribution in [2.24, 2.45) is 0 Å². The topological polar surface area (TPSA) is 159 Å². The molecule has 0 fully saturated rings. The molecule has 3 N–H and O–H groups in total. The average molecular weight is 907 g/mol. The van der Waals surface area contributed by atoms with Gasteiger partial charge in [-0.05, 0) is 62.7 Å². The first-order valence-electron chi connectivity index (χ1n) is 22.0. The third-order valence-electron chi connectivity index (χ3n) is 11.3. The molecule has 14 nitrogen and oxygen atoms in total. The average Bonchev–Trinajstić information content (AvgIpc) is 3.59. The number of amides is 2. The van der Waals surface area contributed by atoms with Gasteiger partial charge in [0, 0.05) is 51.1 Å². The molecule has 5 aromatic rings. The van der Waals surface area contributed by atoms with Crippen LogP contribution in [0.5, 0.6) is 5.75 Å². The number of nitrogens with zero attached hydrogens (tertiary/aromatic N) is 3. The monoisotopic (exact) mass is 906 g/mol. The number of halogens is 1. The zero-order chi connectivity index (χ0) is 45.7. The second-order valence-corrected chi connectivity index (χ2v) is 15.8. The van der Waals surface area contributed by atoms with E-state index in [0.717, 1.165) is 62.6 Å². The van der Waals surface area contributed by atoms with Crippen LogP contribution in [0.2, 0.25) is 5.02 Å². The lowest BCUT2D eigenvalue weighted by atomic mass is 10.1. The normalized spacial score (nSPS) is 12.0. The molecule has 0 bridgehead atoms. The number of aliphatic hydroxyl groups is 1. The Balaban J connectivity index is 0.764. The molecular weight excluding hydrogens is 850 g/mol. The maximum Gasteiger partial charge on any atom is 0.226 e. The SMILES string of the molecule is CC[N+](CC)=c1ccc2nc3c(cc(NC(=O)CCOCCOCCOCCOCCNC(=O)Cc4c(C)n(C(O)c5ccc(Cl)cc5)c5ccc(OC)cc45)c4ccccc43)oc-2c1. The molecule has 1 atom stereocenters. The Kier molecular flexibility index (Phi) is 16.6. The molecule has 1 unspecified atom stereocenters. The number of nitrogens with one attached hydrogen (secondary N) is 2. The summed E-state index contributed by atoms with van der Waals surface area (Å²) in [6.07, 6.45) is -0.670. The number of rotatable bonds is 23. The summed E-state index contributed by atoms with van der Waals surface area (Å²) in [5, 5.41) is 21.6. The van der Waals surface area contributed by atoms with Crippen molar-refractivity contribution >= 4 is 61.9 Å². The Morgan fingerprint density at radius 1 is 0.800 bits per heavy atom. The van der Waals surface area contributed by atoms with E-state index < -0.39 is 6.23 Å². The molecule has 0 radical (unpaired) electrons. The van der Waals surface area contributed by atoms with Crippen molar-refractivity contribution < 1.29 is 42.8 Å². The lowest BCUT2D eigenvalue weighted by Gasteiger charge is -2.17. The number of methoxy groups -OCH3 is 1. The fourth-order valence-corrected chi connectivity index (χ4v) is 8.02. The number of carbonyl (C=O) groups excluding carboxylic acids is 2. The Morgan fingerprint density at radius 2 is 1.48 bits per heavy atom. The standard InChI is InChI=1S/C50H56ClN5O9/c1-5-55(6-2)36-15-17-42-45(29-36)65-46-32-43(38-9-7-8-10-39(38)49(46)54-42)53-47(57)19-21-61-23-25-63-27-28-64-26-24-62-22-20-52-48(58)31-40-33(3)56(44-18-16-37(60-4)30-41(40)44)50(59)34-11-13-35(51)14-12-34/h7-18,29-30,32,50,59H,5-6,19-28,31H2,1-4H3,(H,52,58)/p+1. The summed E-state index contributed by atoms with van der Waals surface area (Å²) in [6, 6.07) is 28.4. The van der Waals surface area contributed by atoms with Gasteiger partial charge in [0.15, 0.2) is 17.6 Å². The number of benzene rings is 5. The molecule has 4 aromatic carbocycles. The van der Waals surface area contributed by atoms with E-state index in [9.17, 15) is 14.7 Å². The molecule has 15 heteroatoms. The van der Waals surface area contributed by atoms with Gasteiger partial charge in [-0.2, -0.15) is 0 Å². The van der Waals surface area contributed by atoms with Crippen molar-refractivity contribution in [1.82, 2.24) is 19.4 Å². The predicted octanol–water partition coefficient (Wildman–Crippen LogP) is 7.12. The van der Waals surface area contributed by atoms with Gasteiger partial charge < -0.3 is 48.4 Å². The summed E-state index contributed by atoms with van der Waals surface area (Å²) in [5.74, 6) is 1.00. The first-order valence-corrected chi connectivity index (χ1v) is 22.4. The molecule has 65 heavy (non-hydrogen) atoms. The fourth-order valence-electron chi connectivity index (χ4n) is 7.89. The molecule has 342 valence electrons. The number of hydrogen-bond donors (Lipinski definition) is 3. The van der Waals surface area contributed by atoms with Crippen LogP contribution >= 0.6 is 11.6 Å². The maximum absolute atomic E-state index is 13.1. The lowest BCUT2D eigenvalue weighted by Crippen LogP contribution is -2.29. The summed E-state index contributed by atoms with van der Waals surface area (Å²) >= 11 is 6.07. The van der Waals surface area contributed by atoms with Gasteiger partial charge in [0.25, 0.3) is 0 Å². The van der Waals surface area contributed by atoms with Gasteiger partial charge in [0.2, 0.25) is 17.2 Å². The van der Waals surface area contributed by atoms with Crippen LogP contribution in [-0.4, -0.2) is 106 Å². The molecule has 1 aliphatic carbocycles. The van der Waals surface area contributed by atoms with Crippen LogP contribution in [0.4, 0.5) is 5.69 Å². The van der Waals surface area contributed by atoms with E-state index in [1.54, 1.807) is 31.4 Å². The second kappa shape index (κ2) is 22.8. The van der Waals surface area contributed by atoms with Gasteiger partial charge in [0.1, 0.15) is 30.0 Å². The summed E-state index contributed by atoms with van der Waals surface area (Å²) in [4.78, 5) is 31.0. The molecule has 1 aliphatic heterocycles. The first-order chi connectivity index (χ1) is 31.7. The molecular formula is C50H57ClN5O9+. The van der Waals surface area contributed by atoms with Gasteiger partial charge in [-0.15, -0.1) is 0 Å². The van der Waals surface area contributed by atoms with E-state index in [0.29, 0.717) is 86.2 Å². The summed E-state index contributed by atoms with van der Waals surface area (Å²) in [6.45, 7) is 11.1. The highest BCUT2D eigenvalue weighted by atomic mass is 35.5. The number of fused-ring (bicyclic) bond motifs is 5. The Labute approximate surface area is 383 Å². The van der Waals surface area contributed by atoms with Crippen molar-refractivity contribution in [3.63, 3.8) is 0 Å². The molecule has 2 aliphatic rings. The van der Waals surface area contributed by atoms with Gasteiger partial charge in [-0.3, -0.25) is 9.59 Å². The number of ether oxygens (including phenoxy) is 5. The minimum absolute atomic E-state index is 0.120. The number of hydrogen-bond acceptors (Lipinski definition) is 10. The van der Waals surface area contributed by atoms with Crippen LogP contribution in [0, 0.1) is 6.92 Å². The van der Waals surface area contributed by atoms with Crippen molar-refractivity contribution in [2.45, 2.75) is 39.8 Å². The smallest absolute Gasteiger partial charge is 0.226 e. The molecule has 0 spiro atoms. The second-order valence-electron chi connectivity index (χ2n) is 15.4. The highest BCUT2D eigenvalue weighted by Crippen LogP contribution is 2.35. The van der Waals surface area contributed by atoms with Crippen molar-refractivity contribution in [1.29, 1.82) is 0 Å². The van der Waals surface area contributed by atoms with Gasteiger partial charge >= 0.3 is 0 Å². The highest BCUT2D eigenvalue weighted by Gasteiger charge is 2.23. The summed E-state index contributed by atoms with van der Waals surface area (Å²) in [5.41, 5.74) is 5.80. The van der Waals surface area contributed by atoms with Gasteiger partial charge in [-0.1, -0.05) is 48.0 Å². The third kappa shape index (κ3) is 11.7. The van der Waals surface area contributed by atoms with Crippen LogP contribution in [0.25, 0.3) is 44.2 Å². The van der Waals surface area contributed by atoms with Crippen LogP contribution in [0.1, 0.15) is 43.3 Å². The molecule has 1 aromatic heterocycles. The van der Waals surface area contributed by atoms with Crippen LogP contribution in [0.15, 0.2) is 95.4 Å². The number of anilines is 1. The minimum Gasteiger partial charge on any atom is -0.497 e. The van der Waals surface area contributed by atoms with Crippen LogP contribution in [0.3, 0.4) is 0 Å². The summed E-state index contributed by atoms with van der Waals surface area (Å²) < 4.78 is 38.4. The van der Waals surface area contributed by atoms with Crippen LogP contribution in [-0.2, 0) is 35.0 Å². The maximum atomic E-state index is 13.1. The molecule has 2 amide bonds. The van der Waals surface area contributed by atoms with Gasteiger partial charge in [-0.25, -0.2) is 9.56 Å². The fraction of sp³-hybridized carbons (Fsp3) is 0.360. The van der Waals surface area contributed by atoms with Crippen molar-refractivity contribution in [2.75, 3.05) is 84.9 Å². The molecule has 0 saturated carbocycles. The quantitative estimate of drug-likeness (QED) is 0.0262. The predicted molar refractivity (Wildman–Crippen MR) is 253 cm³/mol. The van der Waals surface area contributed by atoms with Crippen molar-refractivity contribution in [3.8, 4) is 17.2 Å². The van der Waals surface area contributed by atoms with Crippen molar-refractivity contribution in [3.05, 3.63) is 118 Å². The van der Waals surface area contributed by atoms with E-state index in [1.807, 2.05) is 72.2 Å². The minimum atomic E-state index is -0.968. The van der Waals surface area contributed by atoms with Crippen LogP contribution < -0.4 is 25.3 Å².